The lowest BCUT2D eigenvalue weighted by Crippen LogP contribution is -2.57. The summed E-state index contributed by atoms with van der Waals surface area (Å²) in [6.45, 7) is 7.62. The first-order valence-corrected chi connectivity index (χ1v) is 15.7. The second-order valence-electron chi connectivity index (χ2n) is 11.0. The molecule has 0 spiro atoms. The van der Waals surface area contributed by atoms with Crippen molar-refractivity contribution in [2.75, 3.05) is 20.9 Å². The van der Waals surface area contributed by atoms with Crippen LogP contribution in [0.25, 0.3) is 6.08 Å². The van der Waals surface area contributed by atoms with Crippen LogP contribution in [-0.2, 0) is 14.4 Å². The summed E-state index contributed by atoms with van der Waals surface area (Å²) in [5, 5.41) is 14.8. The van der Waals surface area contributed by atoms with Crippen LogP contribution >= 0.6 is 24.0 Å². The third-order valence-electron chi connectivity index (χ3n) is 7.09. The predicted octanol–water partition coefficient (Wildman–Crippen LogP) is 7.31. The molecule has 0 saturated carbocycles. The third-order valence-corrected chi connectivity index (χ3v) is 8.51. The van der Waals surface area contributed by atoms with Gasteiger partial charge in [-0.2, -0.15) is 0 Å². The number of hydrogen-bond acceptors (Lipinski definition) is 7. The molecule has 1 heterocycles. The van der Waals surface area contributed by atoms with Crippen molar-refractivity contribution in [3.05, 3.63) is 128 Å². The van der Waals surface area contributed by atoms with Gasteiger partial charge in [-0.3, -0.25) is 34.3 Å². The van der Waals surface area contributed by atoms with Crippen molar-refractivity contribution in [3.63, 3.8) is 0 Å². The Balaban J connectivity index is 1.52. The SMILES string of the molecule is Cc1cc(C)cc(N2C(=O)C(=Cc3ccc(SCC(=O)Nc4ccccc4)c([N+](=O)[O-])c3)C(=O)N(c3cc(C)cc(C)c3)C2=S)c1. The molecule has 11 heteroatoms. The first-order valence-electron chi connectivity index (χ1n) is 14.3. The number of nitrogens with zero attached hydrogens (tertiary/aromatic N) is 3. The lowest BCUT2D eigenvalue weighted by molar-refractivity contribution is -0.387. The maximum absolute atomic E-state index is 14.0. The van der Waals surface area contributed by atoms with E-state index in [0.29, 0.717) is 17.1 Å². The van der Waals surface area contributed by atoms with E-state index in [2.05, 4.69) is 5.32 Å². The molecule has 0 atom stereocenters. The van der Waals surface area contributed by atoms with Gasteiger partial charge in [-0.05, 0) is 116 Å². The maximum Gasteiger partial charge on any atom is 0.283 e. The molecule has 5 rings (SSSR count). The van der Waals surface area contributed by atoms with Gasteiger partial charge in [-0.15, -0.1) is 11.8 Å². The minimum Gasteiger partial charge on any atom is -0.325 e. The largest absolute Gasteiger partial charge is 0.325 e. The van der Waals surface area contributed by atoms with Crippen molar-refractivity contribution in [2.24, 2.45) is 0 Å². The van der Waals surface area contributed by atoms with Gasteiger partial charge in [0, 0.05) is 11.8 Å². The number of para-hydroxylation sites is 1. The molecule has 0 unspecified atom stereocenters. The topological polar surface area (TPSA) is 113 Å². The summed E-state index contributed by atoms with van der Waals surface area (Å²) < 4.78 is 0. The first kappa shape index (κ1) is 32.3. The van der Waals surface area contributed by atoms with Crippen LogP contribution in [0.4, 0.5) is 22.7 Å². The van der Waals surface area contributed by atoms with Gasteiger partial charge < -0.3 is 5.32 Å². The molecule has 1 aliphatic rings. The molecule has 232 valence electrons. The second-order valence-corrected chi connectivity index (χ2v) is 12.4. The number of nitro groups is 1. The van der Waals surface area contributed by atoms with Gasteiger partial charge in [-0.1, -0.05) is 36.4 Å². The summed E-state index contributed by atoms with van der Waals surface area (Å²) in [4.78, 5) is 55.0. The van der Waals surface area contributed by atoms with Crippen molar-refractivity contribution >= 4 is 75.6 Å². The maximum atomic E-state index is 14.0. The number of anilines is 3. The molecular weight excluding hydrogens is 621 g/mol. The Morgan fingerprint density at radius 3 is 1.85 bits per heavy atom. The molecule has 4 aromatic rings. The van der Waals surface area contributed by atoms with E-state index in [1.54, 1.807) is 30.3 Å². The molecule has 46 heavy (non-hydrogen) atoms. The van der Waals surface area contributed by atoms with Crippen LogP contribution < -0.4 is 15.1 Å². The molecule has 0 radical (unpaired) electrons. The number of hydrogen-bond donors (Lipinski definition) is 1. The van der Waals surface area contributed by atoms with E-state index in [1.165, 1.54) is 28.0 Å². The number of rotatable bonds is 8. The lowest BCUT2D eigenvalue weighted by atomic mass is 10.0. The van der Waals surface area contributed by atoms with Crippen LogP contribution in [0.3, 0.4) is 0 Å². The van der Waals surface area contributed by atoms with Crippen LogP contribution in [-0.4, -0.2) is 33.5 Å². The summed E-state index contributed by atoms with van der Waals surface area (Å²) in [5.74, 6) is -1.65. The molecule has 0 bridgehead atoms. The van der Waals surface area contributed by atoms with Crippen molar-refractivity contribution < 1.29 is 19.3 Å². The van der Waals surface area contributed by atoms with Crippen molar-refractivity contribution in [1.29, 1.82) is 0 Å². The fraction of sp³-hybridized carbons (Fsp3) is 0.143. The molecular formula is C35H30N4O5S2. The first-order chi connectivity index (χ1) is 21.9. The number of thiocarbonyl (C=S) groups is 1. The van der Waals surface area contributed by atoms with E-state index in [0.717, 1.165) is 34.0 Å². The normalized spacial score (nSPS) is 13.2. The average Bonchev–Trinajstić information content (AvgIpc) is 2.98. The van der Waals surface area contributed by atoms with Gasteiger partial charge in [0.15, 0.2) is 5.11 Å². The molecule has 0 aliphatic carbocycles. The van der Waals surface area contributed by atoms with Crippen LogP contribution in [0.5, 0.6) is 0 Å². The van der Waals surface area contributed by atoms with E-state index < -0.39 is 16.7 Å². The fourth-order valence-corrected chi connectivity index (χ4v) is 6.44. The molecule has 3 amide bonds. The monoisotopic (exact) mass is 650 g/mol. The molecule has 1 N–H and O–H groups in total. The molecule has 4 aromatic carbocycles. The zero-order chi connectivity index (χ0) is 33.1. The number of thioether (sulfide) groups is 1. The fourth-order valence-electron chi connectivity index (χ4n) is 5.26. The standard InChI is InChI=1S/C35H30N4O5S2/c1-21-12-22(2)15-27(14-21)37-33(41)29(34(42)38(35(37)45)28-16-23(3)13-24(4)17-28)18-25-10-11-31(30(19-25)39(43)44)46-20-32(40)36-26-8-6-5-7-9-26/h5-19H,20H2,1-4H3,(H,36,40). The Kier molecular flexibility index (Phi) is 9.45. The van der Waals surface area contributed by atoms with Crippen LogP contribution in [0.2, 0.25) is 0 Å². The number of nitrogens with one attached hydrogen (secondary N) is 1. The minimum atomic E-state index is -0.640. The summed E-state index contributed by atoms with van der Waals surface area (Å²) in [6, 6.07) is 24.5. The summed E-state index contributed by atoms with van der Waals surface area (Å²) in [6.07, 6.45) is 1.35. The lowest BCUT2D eigenvalue weighted by Gasteiger charge is -2.37. The van der Waals surface area contributed by atoms with Crippen molar-refractivity contribution in [2.45, 2.75) is 32.6 Å². The van der Waals surface area contributed by atoms with E-state index >= 15 is 0 Å². The molecule has 0 aromatic heterocycles. The molecule has 9 nitrogen and oxygen atoms in total. The zero-order valence-electron chi connectivity index (χ0n) is 25.6. The van der Waals surface area contributed by atoms with Crippen LogP contribution in [0, 0.1) is 37.8 Å². The van der Waals surface area contributed by atoms with E-state index in [4.69, 9.17) is 12.2 Å². The number of amides is 3. The highest BCUT2D eigenvalue weighted by Gasteiger charge is 2.41. The van der Waals surface area contributed by atoms with Crippen molar-refractivity contribution in [1.82, 2.24) is 0 Å². The highest BCUT2D eigenvalue weighted by Crippen LogP contribution is 2.34. The van der Waals surface area contributed by atoms with Gasteiger partial charge in [-0.25, -0.2) is 0 Å². The minimum absolute atomic E-state index is 0.00802. The van der Waals surface area contributed by atoms with E-state index in [-0.39, 0.29) is 38.5 Å². The van der Waals surface area contributed by atoms with Crippen molar-refractivity contribution in [3.8, 4) is 0 Å². The molecule has 1 saturated heterocycles. The third kappa shape index (κ3) is 7.06. The highest BCUT2D eigenvalue weighted by molar-refractivity contribution is 8.00. The van der Waals surface area contributed by atoms with E-state index in [9.17, 15) is 24.5 Å². The Morgan fingerprint density at radius 1 is 0.826 bits per heavy atom. The number of carbonyl (C=O) groups is 3. The zero-order valence-corrected chi connectivity index (χ0v) is 27.2. The highest BCUT2D eigenvalue weighted by atomic mass is 32.2. The van der Waals surface area contributed by atoms with Gasteiger partial charge in [0.1, 0.15) is 5.57 Å². The summed E-state index contributed by atoms with van der Waals surface area (Å²) >= 11 is 6.80. The van der Waals surface area contributed by atoms with Crippen LogP contribution in [0.1, 0.15) is 27.8 Å². The Bertz CT molecular complexity index is 1820. The predicted molar refractivity (Wildman–Crippen MR) is 186 cm³/mol. The van der Waals surface area contributed by atoms with Gasteiger partial charge in [0.25, 0.3) is 17.5 Å². The number of carbonyl (C=O) groups excluding carboxylic acids is 3. The van der Waals surface area contributed by atoms with E-state index in [1.807, 2.05) is 70.2 Å². The number of benzene rings is 4. The average molecular weight is 651 g/mol. The number of aryl methyl sites for hydroxylation is 4. The second kappa shape index (κ2) is 13.5. The summed E-state index contributed by atoms with van der Waals surface area (Å²) in [5.41, 5.74) is 5.09. The quantitative estimate of drug-likeness (QED) is 0.0532. The number of nitro benzene ring substituents is 1. The van der Waals surface area contributed by atoms with Gasteiger partial charge in [0.05, 0.1) is 26.9 Å². The summed E-state index contributed by atoms with van der Waals surface area (Å²) in [7, 11) is 0. The Labute approximate surface area is 276 Å². The van der Waals surface area contributed by atoms with Crippen LogP contribution in [0.15, 0.2) is 95.4 Å². The molecule has 1 aliphatic heterocycles. The Morgan fingerprint density at radius 2 is 1.35 bits per heavy atom. The van der Waals surface area contributed by atoms with Gasteiger partial charge in [0.2, 0.25) is 5.91 Å². The van der Waals surface area contributed by atoms with Gasteiger partial charge >= 0.3 is 0 Å². The molecule has 1 fully saturated rings. The smallest absolute Gasteiger partial charge is 0.283 e. The Hall–Kier alpha value is -5.13.